The van der Waals surface area contributed by atoms with E-state index in [4.69, 9.17) is 11.5 Å². The van der Waals surface area contributed by atoms with Gasteiger partial charge in [-0.1, -0.05) is 218 Å². The van der Waals surface area contributed by atoms with Crippen molar-refractivity contribution < 1.29 is 43.2 Å². The van der Waals surface area contributed by atoms with Crippen molar-refractivity contribution in [3.8, 4) is 11.5 Å². The Morgan fingerprint density at radius 2 is 0.882 bits per heavy atom. The van der Waals surface area contributed by atoms with Gasteiger partial charge in [-0.3, -0.25) is 0 Å². The molecule has 0 aliphatic rings. The standard InChI is InChI=1S/C28H42O2S.2C8H18N.2Ni/c1-7-9-11-17-27(3,4)21-13-15-23(29)25(19-21)31-26-20-22(14-16-24(26)30)28(5,6)18-12-10-8-2;2*1-3-5-6-8(4-2)7-9;;/h13-16,19-20,29-30H,7-12,17-18H2,1-6H3;2*8-9H,3-7H2,1-2H3;;/q;2*-1;2*+2/p-2. The number of hydrogen-bond donors (Lipinski definition) is 0. The van der Waals surface area contributed by atoms with Gasteiger partial charge in [0.2, 0.25) is 0 Å². The van der Waals surface area contributed by atoms with E-state index in [0.717, 1.165) is 12.8 Å². The van der Waals surface area contributed by atoms with E-state index < -0.39 is 0 Å². The zero-order valence-electron chi connectivity index (χ0n) is 34.2. The number of benzene rings is 2. The van der Waals surface area contributed by atoms with Crippen LogP contribution >= 0.6 is 11.8 Å². The number of unbranched alkanes of at least 4 members (excludes halogenated alkanes) is 6. The van der Waals surface area contributed by atoms with Gasteiger partial charge < -0.3 is 21.7 Å². The van der Waals surface area contributed by atoms with Crippen molar-refractivity contribution in [2.75, 3.05) is 13.1 Å². The van der Waals surface area contributed by atoms with E-state index in [2.05, 4.69) is 69.2 Å². The van der Waals surface area contributed by atoms with Gasteiger partial charge in [0.25, 0.3) is 0 Å². The average Bonchev–Trinajstić information content (AvgIpc) is 3.08. The van der Waals surface area contributed by atoms with Crippen molar-refractivity contribution >= 4 is 11.8 Å². The fraction of sp³-hybridized carbons (Fsp3) is 0.727. The molecule has 0 aliphatic carbocycles. The first-order chi connectivity index (χ1) is 23.3. The van der Waals surface area contributed by atoms with Gasteiger partial charge in [-0.25, -0.2) is 0 Å². The molecule has 0 heterocycles. The molecular weight excluding hydrogens is 738 g/mol. The third-order valence-corrected chi connectivity index (χ3v) is 11.2. The van der Waals surface area contributed by atoms with Gasteiger partial charge in [-0.05, 0) is 46.9 Å². The van der Waals surface area contributed by atoms with Crippen LogP contribution in [0.3, 0.4) is 0 Å². The molecule has 0 bridgehead atoms. The minimum atomic E-state index is -0.00915. The van der Waals surface area contributed by atoms with Crippen LogP contribution in [-0.4, -0.2) is 13.1 Å². The fourth-order valence-electron chi connectivity index (χ4n) is 5.95. The van der Waals surface area contributed by atoms with Gasteiger partial charge >= 0.3 is 33.0 Å². The summed E-state index contributed by atoms with van der Waals surface area (Å²) in [7, 11) is 0. The molecule has 0 amide bonds. The first kappa shape index (κ1) is 54.6. The van der Waals surface area contributed by atoms with E-state index in [1.807, 2.05) is 24.3 Å². The number of rotatable bonds is 22. The van der Waals surface area contributed by atoms with Gasteiger partial charge in [-0.15, -0.1) is 13.1 Å². The average molecular weight is 815 g/mol. The third kappa shape index (κ3) is 23.0. The Morgan fingerprint density at radius 3 is 1.16 bits per heavy atom. The van der Waals surface area contributed by atoms with E-state index in [0.29, 0.717) is 34.7 Å². The minimum absolute atomic E-state index is 0. The summed E-state index contributed by atoms with van der Waals surface area (Å²) >= 11 is 1.33. The fourth-order valence-corrected chi connectivity index (χ4v) is 6.89. The molecule has 0 saturated carbocycles. The van der Waals surface area contributed by atoms with Crippen LogP contribution in [-0.2, 0) is 43.8 Å². The first-order valence-corrected chi connectivity index (χ1v) is 20.7. The molecule has 0 radical (unpaired) electrons. The third-order valence-electron chi connectivity index (χ3n) is 10.1. The Hall–Kier alpha value is -0.703. The summed E-state index contributed by atoms with van der Waals surface area (Å²) in [4.78, 5) is 1.30. The van der Waals surface area contributed by atoms with E-state index in [1.54, 1.807) is 12.1 Å². The summed E-state index contributed by atoms with van der Waals surface area (Å²) < 4.78 is 0. The molecule has 2 N–H and O–H groups in total. The van der Waals surface area contributed by atoms with Crippen molar-refractivity contribution in [1.29, 1.82) is 0 Å². The maximum absolute atomic E-state index is 12.6. The van der Waals surface area contributed by atoms with Crippen molar-refractivity contribution in [3.05, 3.63) is 59.0 Å². The predicted octanol–water partition coefficient (Wildman–Crippen LogP) is 14.2. The topological polar surface area (TPSA) is 93.7 Å². The summed E-state index contributed by atoms with van der Waals surface area (Å²) in [6, 6.07) is 11.3. The maximum Gasteiger partial charge on any atom is 2.00 e. The molecule has 4 nitrogen and oxygen atoms in total. The molecule has 300 valence electrons. The molecule has 2 unspecified atom stereocenters. The second-order valence-corrected chi connectivity index (χ2v) is 16.4. The van der Waals surface area contributed by atoms with Crippen LogP contribution in [0.4, 0.5) is 0 Å². The van der Waals surface area contributed by atoms with Crippen LogP contribution in [0.2, 0.25) is 0 Å². The van der Waals surface area contributed by atoms with Crippen molar-refractivity contribution in [2.45, 2.75) is 193 Å². The van der Waals surface area contributed by atoms with Crippen LogP contribution in [0.5, 0.6) is 11.5 Å². The summed E-state index contributed by atoms with van der Waals surface area (Å²) in [6.45, 7) is 23.4. The van der Waals surface area contributed by atoms with Gasteiger partial charge in [0.05, 0.1) is 0 Å². The van der Waals surface area contributed by atoms with Crippen LogP contribution in [0.15, 0.2) is 46.2 Å². The zero-order valence-corrected chi connectivity index (χ0v) is 37.0. The number of hydrogen-bond acceptors (Lipinski definition) is 3. The predicted molar refractivity (Wildman–Crippen MR) is 215 cm³/mol. The smallest absolute Gasteiger partial charge is 0.872 e. The molecule has 2 atom stereocenters. The second kappa shape index (κ2) is 31.6. The Kier molecular flexibility index (Phi) is 33.9. The monoisotopic (exact) mass is 812 g/mol. The summed E-state index contributed by atoms with van der Waals surface area (Å²) in [6.07, 6.45) is 19.5. The normalized spacial score (nSPS) is 12.3. The largest absolute Gasteiger partial charge is 2.00 e. The Balaban J connectivity index is -0.000000951. The van der Waals surface area contributed by atoms with E-state index in [-0.39, 0.29) is 55.3 Å². The van der Waals surface area contributed by atoms with Gasteiger partial charge in [-0.2, -0.15) is 0 Å². The molecule has 51 heavy (non-hydrogen) atoms. The van der Waals surface area contributed by atoms with Crippen molar-refractivity contribution in [1.82, 2.24) is 0 Å². The molecule has 0 spiro atoms. The second-order valence-electron chi connectivity index (χ2n) is 15.3. The van der Waals surface area contributed by atoms with Crippen LogP contribution < -0.4 is 10.2 Å². The SMILES string of the molecule is CCCCC(CC)C[NH-].CCCCC(CC)C[NH-].CCCCCC(C)(C)c1ccc([O-])c(Sc2cc(C(C)(C)CCCCC)ccc2[O-])c1.[Ni+2].[Ni+2]. The molecule has 2 aromatic carbocycles. The van der Waals surface area contributed by atoms with E-state index in [1.165, 1.54) is 113 Å². The summed E-state index contributed by atoms with van der Waals surface area (Å²) in [5.74, 6) is 1.32. The molecular formula is C44H76N2Ni2O2S. The Morgan fingerprint density at radius 1 is 0.549 bits per heavy atom. The summed E-state index contributed by atoms with van der Waals surface area (Å²) in [5.41, 5.74) is 16.7. The van der Waals surface area contributed by atoms with Gasteiger partial charge in [0.1, 0.15) is 0 Å². The molecule has 0 aliphatic heterocycles. The Bertz CT molecular complexity index is 1020. The molecule has 0 aromatic heterocycles. The van der Waals surface area contributed by atoms with Crippen LogP contribution in [0.1, 0.15) is 183 Å². The maximum atomic E-state index is 12.6. The first-order valence-electron chi connectivity index (χ1n) is 19.9. The minimum Gasteiger partial charge on any atom is -0.872 e. The van der Waals surface area contributed by atoms with Gasteiger partial charge in [0.15, 0.2) is 0 Å². The zero-order chi connectivity index (χ0) is 37.3. The van der Waals surface area contributed by atoms with Crippen LogP contribution in [0.25, 0.3) is 11.5 Å². The van der Waals surface area contributed by atoms with E-state index >= 15 is 0 Å². The van der Waals surface area contributed by atoms with Crippen molar-refractivity contribution in [3.63, 3.8) is 0 Å². The molecule has 0 fully saturated rings. The number of nitrogens with one attached hydrogen (secondary N) is 2. The van der Waals surface area contributed by atoms with Gasteiger partial charge in [0, 0.05) is 9.79 Å². The molecule has 7 heteroatoms. The molecule has 2 aromatic rings. The quantitative estimate of drug-likeness (QED) is 0.0875. The summed E-state index contributed by atoms with van der Waals surface area (Å²) in [5, 5.41) is 25.2. The molecule has 2 rings (SSSR count). The van der Waals surface area contributed by atoms with E-state index in [9.17, 15) is 10.2 Å². The Labute approximate surface area is 341 Å². The van der Waals surface area contributed by atoms with Crippen molar-refractivity contribution in [2.24, 2.45) is 11.8 Å². The van der Waals surface area contributed by atoms with Crippen LogP contribution in [0, 0.1) is 11.8 Å². The molecule has 0 saturated heterocycles.